The summed E-state index contributed by atoms with van der Waals surface area (Å²) in [5.41, 5.74) is 3.84. The minimum Gasteiger partial charge on any atom is -0.480 e. The molecule has 34 heavy (non-hydrogen) atoms. The number of nitrogens with zero attached hydrogens (tertiary/aromatic N) is 1. The van der Waals surface area contributed by atoms with Crippen molar-refractivity contribution >= 4 is 21.8 Å². The molecule has 0 bridgehead atoms. The van der Waals surface area contributed by atoms with Gasteiger partial charge in [0.05, 0.1) is 4.91 Å². The molecular weight excluding hydrogens is 450 g/mol. The molecule has 1 aliphatic carbocycles. The number of aromatic nitrogens is 1. The molecule has 0 aliphatic heterocycles. The fourth-order valence-electron chi connectivity index (χ4n) is 3.66. The molecule has 0 spiro atoms. The van der Waals surface area contributed by atoms with Crippen LogP contribution in [0.1, 0.15) is 17.5 Å². The second-order valence-electron chi connectivity index (χ2n) is 7.95. The maximum atomic E-state index is 12.5. The molecule has 4 rings (SSSR count). The number of hydrogen-bond acceptors (Lipinski definition) is 5. The first kappa shape index (κ1) is 23.4. The molecule has 1 aliphatic rings. The maximum Gasteiger partial charge on any atom is 0.322 e. The summed E-state index contributed by atoms with van der Waals surface area (Å²) < 4.78 is 27.2. The molecule has 0 fully saturated rings. The van der Waals surface area contributed by atoms with Crippen molar-refractivity contribution in [2.24, 2.45) is 0 Å². The van der Waals surface area contributed by atoms with Crippen LogP contribution in [-0.2, 0) is 27.8 Å². The number of pyridine rings is 1. The predicted molar refractivity (Wildman–Crippen MR) is 132 cm³/mol. The van der Waals surface area contributed by atoms with Gasteiger partial charge in [-0.1, -0.05) is 60.7 Å². The molecule has 0 unspecified atom stereocenters. The van der Waals surface area contributed by atoms with E-state index in [0.717, 1.165) is 28.1 Å². The fourth-order valence-corrected chi connectivity index (χ4v) is 4.94. The molecule has 0 saturated heterocycles. The molecule has 8 heteroatoms. The second-order valence-corrected chi connectivity index (χ2v) is 9.71. The number of carbonyl (C=O) groups is 1. The third-order valence-corrected chi connectivity index (χ3v) is 7.06. The van der Waals surface area contributed by atoms with Crippen molar-refractivity contribution < 1.29 is 18.3 Å². The van der Waals surface area contributed by atoms with E-state index in [-0.39, 0.29) is 17.7 Å². The average Bonchev–Trinajstić information content (AvgIpc) is 3.40. The van der Waals surface area contributed by atoms with Gasteiger partial charge in [-0.25, -0.2) is 13.4 Å². The van der Waals surface area contributed by atoms with Crippen molar-refractivity contribution in [2.45, 2.75) is 25.4 Å². The standard InChI is InChI=1S/C26H25N3O4S/c30-26(31)24(29-34(32,33)23-8-1-2-9-23)17-19-11-13-21(14-12-19)22-7-5-6-20(16-22)18-28-25-10-3-4-15-27-25/h1-8,10-16,24,29H,9,17-18H2,(H,27,28)(H,30,31)/t24-/m0/s1. The number of nitrogens with one attached hydrogen (secondary N) is 2. The number of carboxylic acid groups (broad SMARTS) is 1. The Balaban J connectivity index is 1.42. The third kappa shape index (κ3) is 5.98. The second kappa shape index (κ2) is 10.5. The number of carboxylic acids is 1. The first-order chi connectivity index (χ1) is 16.4. The van der Waals surface area contributed by atoms with Crippen molar-refractivity contribution in [3.63, 3.8) is 0 Å². The Morgan fingerprint density at radius 2 is 1.82 bits per heavy atom. The summed E-state index contributed by atoms with van der Waals surface area (Å²) in [7, 11) is -3.85. The molecule has 0 radical (unpaired) electrons. The number of sulfonamides is 1. The van der Waals surface area contributed by atoms with Crippen LogP contribution in [-0.4, -0.2) is 30.5 Å². The zero-order valence-electron chi connectivity index (χ0n) is 18.4. The van der Waals surface area contributed by atoms with Crippen molar-refractivity contribution in [1.29, 1.82) is 0 Å². The Morgan fingerprint density at radius 1 is 1.00 bits per heavy atom. The molecule has 0 amide bonds. The van der Waals surface area contributed by atoms with Gasteiger partial charge in [0, 0.05) is 19.2 Å². The topological polar surface area (TPSA) is 108 Å². The first-order valence-electron chi connectivity index (χ1n) is 10.8. The van der Waals surface area contributed by atoms with Gasteiger partial charge in [-0.15, -0.1) is 0 Å². The summed E-state index contributed by atoms with van der Waals surface area (Å²) in [5.74, 6) is -0.409. The summed E-state index contributed by atoms with van der Waals surface area (Å²) in [5, 5.41) is 12.9. The SMILES string of the molecule is O=C(O)[C@H](Cc1ccc(-c2cccc(CNc3ccccn3)c2)cc1)NS(=O)(=O)C1=CC=CC1. The van der Waals surface area contributed by atoms with Crippen LogP contribution in [0.25, 0.3) is 11.1 Å². The minimum atomic E-state index is -3.85. The number of aliphatic carboxylic acids is 1. The van der Waals surface area contributed by atoms with Gasteiger partial charge in [-0.2, -0.15) is 4.72 Å². The molecule has 2 aromatic carbocycles. The van der Waals surface area contributed by atoms with E-state index in [1.54, 1.807) is 18.3 Å². The van der Waals surface area contributed by atoms with Gasteiger partial charge < -0.3 is 10.4 Å². The molecule has 3 aromatic rings. The molecule has 1 aromatic heterocycles. The zero-order valence-corrected chi connectivity index (χ0v) is 19.2. The van der Waals surface area contributed by atoms with E-state index in [2.05, 4.69) is 21.1 Å². The lowest BCUT2D eigenvalue weighted by molar-refractivity contribution is -0.138. The van der Waals surface area contributed by atoms with Crippen LogP contribution in [0, 0.1) is 0 Å². The first-order valence-corrected chi connectivity index (χ1v) is 12.3. The van der Waals surface area contributed by atoms with Crippen LogP contribution in [0.2, 0.25) is 0 Å². The van der Waals surface area contributed by atoms with E-state index in [1.165, 1.54) is 6.08 Å². The summed E-state index contributed by atoms with van der Waals surface area (Å²) in [6.45, 7) is 0.634. The van der Waals surface area contributed by atoms with Crippen LogP contribution < -0.4 is 10.0 Å². The molecule has 7 nitrogen and oxygen atoms in total. The third-order valence-electron chi connectivity index (χ3n) is 5.47. The Hall–Kier alpha value is -3.75. The average molecular weight is 476 g/mol. The van der Waals surface area contributed by atoms with Gasteiger partial charge in [0.15, 0.2) is 0 Å². The highest BCUT2D eigenvalue weighted by atomic mass is 32.2. The van der Waals surface area contributed by atoms with Crippen LogP contribution in [0.15, 0.2) is 96.1 Å². The fraction of sp³-hybridized carbons (Fsp3) is 0.154. The Labute approximate surface area is 198 Å². The summed E-state index contributed by atoms with van der Waals surface area (Å²) in [4.78, 5) is 16.1. The summed E-state index contributed by atoms with van der Waals surface area (Å²) in [6.07, 6.45) is 6.90. The largest absolute Gasteiger partial charge is 0.480 e. The van der Waals surface area contributed by atoms with Crippen molar-refractivity contribution in [3.8, 4) is 11.1 Å². The van der Waals surface area contributed by atoms with Gasteiger partial charge in [0.25, 0.3) is 0 Å². The highest BCUT2D eigenvalue weighted by Crippen LogP contribution is 2.23. The summed E-state index contributed by atoms with van der Waals surface area (Å²) in [6, 6.07) is 20.1. The van der Waals surface area contributed by atoms with E-state index in [1.807, 2.05) is 60.7 Å². The number of anilines is 1. The predicted octanol–water partition coefficient (Wildman–Crippen LogP) is 4.12. The van der Waals surface area contributed by atoms with Crippen molar-refractivity contribution in [1.82, 2.24) is 9.71 Å². The lowest BCUT2D eigenvalue weighted by atomic mass is 9.99. The lowest BCUT2D eigenvalue weighted by Gasteiger charge is -2.16. The molecule has 1 heterocycles. The Kier molecular flexibility index (Phi) is 7.20. The quantitative estimate of drug-likeness (QED) is 0.407. The van der Waals surface area contributed by atoms with Gasteiger partial charge in [0.1, 0.15) is 11.9 Å². The van der Waals surface area contributed by atoms with E-state index in [0.29, 0.717) is 6.54 Å². The summed E-state index contributed by atoms with van der Waals surface area (Å²) >= 11 is 0. The highest BCUT2D eigenvalue weighted by molar-refractivity contribution is 7.93. The lowest BCUT2D eigenvalue weighted by Crippen LogP contribution is -2.42. The van der Waals surface area contributed by atoms with Crippen LogP contribution in [0.3, 0.4) is 0 Å². The number of benzene rings is 2. The van der Waals surface area contributed by atoms with E-state index in [4.69, 9.17) is 0 Å². The molecule has 0 saturated carbocycles. The number of hydrogen-bond donors (Lipinski definition) is 3. The Morgan fingerprint density at radius 3 is 2.50 bits per heavy atom. The van der Waals surface area contributed by atoms with Crippen molar-refractivity contribution in [3.05, 3.63) is 107 Å². The number of rotatable bonds is 10. The van der Waals surface area contributed by atoms with Gasteiger partial charge in [-0.05, 0) is 52.9 Å². The maximum absolute atomic E-state index is 12.5. The smallest absolute Gasteiger partial charge is 0.322 e. The minimum absolute atomic E-state index is 0.0452. The van der Waals surface area contributed by atoms with E-state index >= 15 is 0 Å². The molecule has 1 atom stereocenters. The van der Waals surface area contributed by atoms with Gasteiger partial charge in [0.2, 0.25) is 10.0 Å². The Bertz CT molecular complexity index is 1320. The van der Waals surface area contributed by atoms with Crippen LogP contribution in [0.5, 0.6) is 0 Å². The van der Waals surface area contributed by atoms with Crippen LogP contribution >= 0.6 is 0 Å². The van der Waals surface area contributed by atoms with Crippen molar-refractivity contribution in [2.75, 3.05) is 5.32 Å². The normalized spacial score (nSPS) is 13.9. The van der Waals surface area contributed by atoms with Crippen LogP contribution in [0.4, 0.5) is 5.82 Å². The zero-order chi connectivity index (χ0) is 24.0. The monoisotopic (exact) mass is 475 g/mol. The van der Waals surface area contributed by atoms with Gasteiger partial charge >= 0.3 is 5.97 Å². The highest BCUT2D eigenvalue weighted by Gasteiger charge is 2.27. The molecule has 174 valence electrons. The van der Waals surface area contributed by atoms with Gasteiger partial charge in [-0.3, -0.25) is 4.79 Å². The number of allylic oxidation sites excluding steroid dienone is 4. The van der Waals surface area contributed by atoms with E-state index < -0.39 is 22.0 Å². The van der Waals surface area contributed by atoms with E-state index in [9.17, 15) is 18.3 Å². The molecule has 3 N–H and O–H groups in total. The molecular formula is C26H25N3O4S.